The minimum Gasteiger partial charge on any atom is -0.481 e. The Hall–Kier alpha value is -1.36. The number of allylic oxidation sites excluding steroid dienone is 1. The molecule has 4 aliphatic rings. The van der Waals surface area contributed by atoms with Crippen LogP contribution in [0.2, 0.25) is 0 Å². The highest BCUT2D eigenvalue weighted by Crippen LogP contribution is 2.77. The summed E-state index contributed by atoms with van der Waals surface area (Å²) in [5.41, 5.74) is -1.01. The molecule has 0 heterocycles. The predicted molar refractivity (Wildman–Crippen MR) is 90.7 cm³/mol. The number of carboxylic acids is 2. The van der Waals surface area contributed by atoms with Gasteiger partial charge >= 0.3 is 11.9 Å². The van der Waals surface area contributed by atoms with E-state index in [4.69, 9.17) is 0 Å². The van der Waals surface area contributed by atoms with Gasteiger partial charge in [-0.05, 0) is 74.0 Å². The van der Waals surface area contributed by atoms with Crippen molar-refractivity contribution in [2.75, 3.05) is 0 Å². The summed E-state index contributed by atoms with van der Waals surface area (Å²) < 4.78 is 0. The maximum atomic E-state index is 12.5. The largest absolute Gasteiger partial charge is 0.481 e. The van der Waals surface area contributed by atoms with Crippen LogP contribution >= 0.6 is 0 Å². The SMILES string of the molecule is C=C1C[C@]23CC1CC[C@H]2[C@]1(C)CC[C@H](O)[C@@](C)(C(=O)O)[C@H]1[C@@H]3C(=O)O. The van der Waals surface area contributed by atoms with Gasteiger partial charge in [-0.2, -0.15) is 0 Å². The number of carbonyl (C=O) groups is 2. The average Bonchev–Trinajstić information content (AvgIpc) is 2.91. The van der Waals surface area contributed by atoms with Crippen LogP contribution in [0.4, 0.5) is 0 Å². The van der Waals surface area contributed by atoms with Crippen molar-refractivity contribution in [2.24, 2.45) is 39.9 Å². The molecule has 25 heavy (non-hydrogen) atoms. The molecule has 5 heteroatoms. The van der Waals surface area contributed by atoms with E-state index in [9.17, 15) is 24.9 Å². The maximum absolute atomic E-state index is 12.5. The van der Waals surface area contributed by atoms with Gasteiger partial charge in [0.05, 0.1) is 17.4 Å². The monoisotopic (exact) mass is 348 g/mol. The number of aliphatic hydroxyl groups excluding tert-OH is 1. The van der Waals surface area contributed by atoms with Crippen LogP contribution in [-0.2, 0) is 9.59 Å². The Kier molecular flexibility index (Phi) is 3.33. The van der Waals surface area contributed by atoms with Gasteiger partial charge in [0.2, 0.25) is 0 Å². The molecule has 0 aromatic heterocycles. The van der Waals surface area contributed by atoms with Crippen molar-refractivity contribution in [3.63, 3.8) is 0 Å². The molecule has 5 nitrogen and oxygen atoms in total. The zero-order valence-electron chi connectivity index (χ0n) is 15.0. The number of hydrogen-bond donors (Lipinski definition) is 3. The summed E-state index contributed by atoms with van der Waals surface area (Å²) in [4.78, 5) is 24.7. The van der Waals surface area contributed by atoms with Crippen LogP contribution in [-0.4, -0.2) is 33.4 Å². The third-order valence-corrected chi connectivity index (χ3v) is 8.74. The number of hydrogen-bond acceptors (Lipinski definition) is 3. The van der Waals surface area contributed by atoms with Crippen LogP contribution in [0.15, 0.2) is 12.2 Å². The lowest BCUT2D eigenvalue weighted by Gasteiger charge is -2.52. The summed E-state index contributed by atoms with van der Waals surface area (Å²) >= 11 is 0. The van der Waals surface area contributed by atoms with Gasteiger partial charge in [0.25, 0.3) is 0 Å². The van der Waals surface area contributed by atoms with Gasteiger partial charge in [-0.3, -0.25) is 9.59 Å². The van der Waals surface area contributed by atoms with Crippen molar-refractivity contribution in [1.82, 2.24) is 0 Å². The first kappa shape index (κ1) is 17.1. The normalized spacial score (nSPS) is 54.0. The second-order valence-electron chi connectivity index (χ2n) is 9.54. The van der Waals surface area contributed by atoms with Gasteiger partial charge in [0.1, 0.15) is 0 Å². The van der Waals surface area contributed by atoms with Gasteiger partial charge in [-0.25, -0.2) is 0 Å². The molecule has 2 bridgehead atoms. The fraction of sp³-hybridized carbons (Fsp3) is 0.800. The van der Waals surface area contributed by atoms with E-state index in [0.29, 0.717) is 25.2 Å². The lowest BCUT2D eigenvalue weighted by atomic mass is 9.52. The molecule has 4 rings (SSSR count). The lowest BCUT2D eigenvalue weighted by molar-refractivity contribution is -0.181. The van der Waals surface area contributed by atoms with Gasteiger partial charge < -0.3 is 15.3 Å². The molecule has 0 amide bonds. The first-order chi connectivity index (χ1) is 11.6. The van der Waals surface area contributed by atoms with Crippen LogP contribution < -0.4 is 0 Å². The minimum atomic E-state index is -1.42. The number of rotatable bonds is 2. The number of aliphatic hydroxyl groups is 1. The molecule has 1 unspecified atom stereocenters. The molecular weight excluding hydrogens is 320 g/mol. The maximum Gasteiger partial charge on any atom is 0.312 e. The van der Waals surface area contributed by atoms with Crippen molar-refractivity contribution >= 4 is 11.9 Å². The Morgan fingerprint density at radius 1 is 1.16 bits per heavy atom. The Bertz CT molecular complexity index is 671. The average molecular weight is 348 g/mol. The molecule has 1 spiro atoms. The lowest BCUT2D eigenvalue weighted by Crippen LogP contribution is -2.57. The topological polar surface area (TPSA) is 94.8 Å². The predicted octanol–water partition coefficient (Wildman–Crippen LogP) is 2.93. The fourth-order valence-electron chi connectivity index (χ4n) is 7.82. The summed E-state index contributed by atoms with van der Waals surface area (Å²) in [6, 6.07) is 0. The first-order valence-electron chi connectivity index (χ1n) is 9.41. The molecule has 0 aromatic rings. The van der Waals surface area contributed by atoms with E-state index in [2.05, 4.69) is 13.5 Å². The smallest absolute Gasteiger partial charge is 0.312 e. The molecule has 0 aliphatic heterocycles. The molecule has 4 saturated carbocycles. The Morgan fingerprint density at radius 3 is 2.44 bits per heavy atom. The van der Waals surface area contributed by atoms with Gasteiger partial charge in [-0.15, -0.1) is 0 Å². The second-order valence-corrected chi connectivity index (χ2v) is 9.54. The highest BCUT2D eigenvalue weighted by Gasteiger charge is 2.76. The molecule has 4 aliphatic carbocycles. The summed E-state index contributed by atoms with van der Waals surface area (Å²) in [5, 5.41) is 30.8. The van der Waals surface area contributed by atoms with Crippen LogP contribution in [0, 0.1) is 39.9 Å². The number of fused-ring (bicyclic) bond motifs is 3. The zero-order chi connectivity index (χ0) is 18.4. The number of carboxylic acid groups (broad SMARTS) is 2. The van der Waals surface area contributed by atoms with Crippen molar-refractivity contribution in [3.05, 3.63) is 12.2 Å². The van der Waals surface area contributed by atoms with Gasteiger partial charge in [0.15, 0.2) is 0 Å². The van der Waals surface area contributed by atoms with Crippen molar-refractivity contribution in [3.8, 4) is 0 Å². The minimum absolute atomic E-state index is 0.202. The summed E-state index contributed by atoms with van der Waals surface area (Å²) in [6.07, 6.45) is 3.65. The first-order valence-corrected chi connectivity index (χ1v) is 9.41. The molecular formula is C20H28O5. The van der Waals surface area contributed by atoms with E-state index in [1.165, 1.54) is 0 Å². The molecule has 4 fully saturated rings. The van der Waals surface area contributed by atoms with E-state index >= 15 is 0 Å². The Labute approximate surface area is 148 Å². The van der Waals surface area contributed by atoms with Crippen molar-refractivity contribution < 1.29 is 24.9 Å². The van der Waals surface area contributed by atoms with Gasteiger partial charge in [0, 0.05) is 0 Å². The Morgan fingerprint density at radius 2 is 1.84 bits per heavy atom. The van der Waals surface area contributed by atoms with Crippen LogP contribution in [0.25, 0.3) is 0 Å². The molecule has 0 aromatic carbocycles. The summed E-state index contributed by atoms with van der Waals surface area (Å²) in [6.45, 7) is 7.89. The van der Waals surface area contributed by atoms with Crippen molar-refractivity contribution in [2.45, 2.75) is 58.5 Å². The Balaban J connectivity index is 1.94. The molecule has 138 valence electrons. The van der Waals surface area contributed by atoms with Crippen LogP contribution in [0.3, 0.4) is 0 Å². The zero-order valence-corrected chi connectivity index (χ0v) is 15.0. The highest BCUT2D eigenvalue weighted by molar-refractivity contribution is 5.80. The van der Waals surface area contributed by atoms with Crippen LogP contribution in [0.5, 0.6) is 0 Å². The molecule has 3 N–H and O–H groups in total. The summed E-state index contributed by atoms with van der Waals surface area (Å²) in [5.74, 6) is -2.65. The van der Waals surface area contributed by atoms with E-state index in [-0.39, 0.29) is 16.7 Å². The fourth-order valence-corrected chi connectivity index (χ4v) is 7.82. The highest BCUT2D eigenvalue weighted by atomic mass is 16.4. The van der Waals surface area contributed by atoms with Crippen LogP contribution in [0.1, 0.15) is 52.4 Å². The summed E-state index contributed by atoms with van der Waals surface area (Å²) in [7, 11) is 0. The third kappa shape index (κ3) is 1.78. The van der Waals surface area contributed by atoms with E-state index < -0.39 is 35.3 Å². The second kappa shape index (κ2) is 4.87. The van der Waals surface area contributed by atoms with E-state index in [1.807, 2.05) is 0 Å². The molecule has 8 atom stereocenters. The van der Waals surface area contributed by atoms with Crippen molar-refractivity contribution in [1.29, 1.82) is 0 Å². The quantitative estimate of drug-likeness (QED) is 0.667. The standard InChI is InChI=1S/C20H28O5/c1-10-8-20-9-11(10)4-5-12(20)18(2)7-6-13(21)19(3,17(24)25)15(18)14(20)16(22)23/h11-15,21H,1,4-9H2,2-3H3,(H,22,23)(H,24,25)/t11?,12-,13-,14+,15-,18-,19+,20-/m0/s1. The molecule has 0 saturated heterocycles. The number of aliphatic carboxylic acids is 2. The van der Waals surface area contributed by atoms with E-state index in [0.717, 1.165) is 24.8 Å². The third-order valence-electron chi connectivity index (χ3n) is 8.74. The van der Waals surface area contributed by atoms with Gasteiger partial charge in [-0.1, -0.05) is 19.1 Å². The van der Waals surface area contributed by atoms with E-state index in [1.54, 1.807) is 6.92 Å². The molecule has 0 radical (unpaired) electrons.